The zero-order valence-electron chi connectivity index (χ0n) is 7.31. The highest BCUT2D eigenvalue weighted by molar-refractivity contribution is 5.87. The summed E-state index contributed by atoms with van der Waals surface area (Å²) in [5, 5.41) is 0. The number of nitrogens with two attached hydrogens (primary N) is 1. The molecule has 1 heterocycles. The van der Waals surface area contributed by atoms with E-state index in [1.807, 2.05) is 30.3 Å². The number of amides is 1. The Kier molecular flexibility index (Phi) is 2.02. The Labute approximate surface area is 77.1 Å². The molecule has 0 spiro atoms. The highest BCUT2D eigenvalue weighted by Gasteiger charge is 2.32. The molecule has 1 aromatic rings. The van der Waals surface area contributed by atoms with Crippen LogP contribution in [-0.4, -0.2) is 23.4 Å². The molecule has 0 bridgehead atoms. The van der Waals surface area contributed by atoms with Crippen molar-refractivity contribution in [1.29, 1.82) is 0 Å². The lowest BCUT2D eigenvalue weighted by atomic mass is 10.1. The molecular weight excluding hydrogens is 164 g/mol. The Morgan fingerprint density at radius 2 is 2.08 bits per heavy atom. The molecule has 1 aliphatic rings. The molecule has 1 atom stereocenters. The number of benzene rings is 1. The van der Waals surface area contributed by atoms with Gasteiger partial charge >= 0.3 is 0 Å². The molecule has 2 rings (SSSR count). The Bertz CT molecular complexity index is 310. The number of nitrogens with zero attached hydrogens (tertiary/aromatic N) is 1. The van der Waals surface area contributed by atoms with Crippen LogP contribution in [0.15, 0.2) is 30.3 Å². The van der Waals surface area contributed by atoms with Crippen molar-refractivity contribution in [3.05, 3.63) is 35.9 Å². The SMILES string of the molecule is N[C@H]1CN(Cc2ccccc2)C1=O. The van der Waals surface area contributed by atoms with Gasteiger partial charge in [0.1, 0.15) is 6.04 Å². The van der Waals surface area contributed by atoms with Crippen LogP contribution in [0.1, 0.15) is 5.56 Å². The summed E-state index contributed by atoms with van der Waals surface area (Å²) < 4.78 is 0. The summed E-state index contributed by atoms with van der Waals surface area (Å²) >= 11 is 0. The van der Waals surface area contributed by atoms with E-state index in [9.17, 15) is 4.79 Å². The van der Waals surface area contributed by atoms with Crippen molar-refractivity contribution in [1.82, 2.24) is 4.90 Å². The van der Waals surface area contributed by atoms with E-state index >= 15 is 0 Å². The van der Waals surface area contributed by atoms with Gasteiger partial charge in [-0.2, -0.15) is 0 Å². The van der Waals surface area contributed by atoms with Crippen LogP contribution in [0.25, 0.3) is 0 Å². The van der Waals surface area contributed by atoms with Gasteiger partial charge in [0, 0.05) is 13.1 Å². The molecule has 0 saturated carbocycles. The van der Waals surface area contributed by atoms with Crippen LogP contribution in [0.4, 0.5) is 0 Å². The third-order valence-electron chi connectivity index (χ3n) is 2.26. The average Bonchev–Trinajstić information content (AvgIpc) is 2.19. The summed E-state index contributed by atoms with van der Waals surface area (Å²) in [4.78, 5) is 12.9. The van der Waals surface area contributed by atoms with Gasteiger partial charge in [-0.3, -0.25) is 4.79 Å². The number of rotatable bonds is 2. The quantitative estimate of drug-likeness (QED) is 0.661. The first-order chi connectivity index (χ1) is 6.27. The van der Waals surface area contributed by atoms with Crippen molar-refractivity contribution < 1.29 is 4.79 Å². The average molecular weight is 176 g/mol. The maximum atomic E-state index is 11.2. The zero-order valence-corrected chi connectivity index (χ0v) is 7.31. The fourth-order valence-corrected chi connectivity index (χ4v) is 1.47. The molecule has 1 fully saturated rings. The standard InChI is InChI=1S/C10H12N2O/c11-9-7-12(10(9)13)6-8-4-2-1-3-5-8/h1-5,9H,6-7,11H2/t9-/m0/s1. The second-order valence-corrected chi connectivity index (χ2v) is 3.31. The molecular formula is C10H12N2O. The van der Waals surface area contributed by atoms with Crippen LogP contribution in [0.3, 0.4) is 0 Å². The van der Waals surface area contributed by atoms with Gasteiger partial charge in [-0.15, -0.1) is 0 Å². The van der Waals surface area contributed by atoms with Crippen molar-refractivity contribution >= 4 is 5.91 Å². The van der Waals surface area contributed by atoms with E-state index in [-0.39, 0.29) is 11.9 Å². The number of carbonyl (C=O) groups is 1. The Morgan fingerprint density at radius 3 is 2.62 bits per heavy atom. The second kappa shape index (κ2) is 3.18. The van der Waals surface area contributed by atoms with Crippen molar-refractivity contribution in [2.45, 2.75) is 12.6 Å². The summed E-state index contributed by atoms with van der Waals surface area (Å²) in [5.74, 6) is 0.0591. The number of hydrogen-bond acceptors (Lipinski definition) is 2. The highest BCUT2D eigenvalue weighted by atomic mass is 16.2. The lowest BCUT2D eigenvalue weighted by molar-refractivity contribution is -0.143. The molecule has 1 aromatic carbocycles. The van der Waals surface area contributed by atoms with E-state index in [4.69, 9.17) is 5.73 Å². The fourth-order valence-electron chi connectivity index (χ4n) is 1.47. The second-order valence-electron chi connectivity index (χ2n) is 3.31. The monoisotopic (exact) mass is 176 g/mol. The molecule has 0 aliphatic carbocycles. The maximum Gasteiger partial charge on any atom is 0.241 e. The van der Waals surface area contributed by atoms with Gasteiger partial charge in [0.05, 0.1) is 0 Å². The summed E-state index contributed by atoms with van der Waals surface area (Å²) in [6.45, 7) is 1.38. The minimum absolute atomic E-state index is 0.0591. The van der Waals surface area contributed by atoms with Gasteiger partial charge in [0.15, 0.2) is 0 Å². The van der Waals surface area contributed by atoms with E-state index in [1.165, 1.54) is 0 Å². The van der Waals surface area contributed by atoms with Crippen LogP contribution in [0.5, 0.6) is 0 Å². The number of β-lactam (4-membered cyclic amide) rings is 1. The van der Waals surface area contributed by atoms with Crippen molar-refractivity contribution in [2.75, 3.05) is 6.54 Å². The summed E-state index contributed by atoms with van der Waals surface area (Å²) in [5.41, 5.74) is 6.63. The van der Waals surface area contributed by atoms with E-state index in [1.54, 1.807) is 4.90 Å². The van der Waals surface area contributed by atoms with E-state index in [0.29, 0.717) is 13.1 Å². The molecule has 13 heavy (non-hydrogen) atoms. The summed E-state index contributed by atoms with van der Waals surface area (Å²) in [7, 11) is 0. The molecule has 2 N–H and O–H groups in total. The summed E-state index contributed by atoms with van der Waals surface area (Å²) in [6, 6.07) is 9.67. The fraction of sp³-hybridized carbons (Fsp3) is 0.300. The summed E-state index contributed by atoms with van der Waals surface area (Å²) in [6.07, 6.45) is 0. The third-order valence-corrected chi connectivity index (χ3v) is 2.26. The Balaban J connectivity index is 1.97. The molecule has 0 aromatic heterocycles. The van der Waals surface area contributed by atoms with Crippen molar-refractivity contribution in [3.63, 3.8) is 0 Å². The van der Waals surface area contributed by atoms with Gasteiger partial charge in [0.25, 0.3) is 0 Å². The van der Waals surface area contributed by atoms with Gasteiger partial charge in [-0.1, -0.05) is 30.3 Å². The minimum Gasteiger partial charge on any atom is -0.335 e. The Morgan fingerprint density at radius 1 is 1.38 bits per heavy atom. The molecule has 3 nitrogen and oxygen atoms in total. The van der Waals surface area contributed by atoms with Crippen LogP contribution >= 0.6 is 0 Å². The predicted molar refractivity (Wildman–Crippen MR) is 49.8 cm³/mol. The van der Waals surface area contributed by atoms with Crippen molar-refractivity contribution in [2.24, 2.45) is 5.73 Å². The molecule has 1 amide bonds. The molecule has 68 valence electrons. The van der Waals surface area contributed by atoms with Crippen molar-refractivity contribution in [3.8, 4) is 0 Å². The van der Waals surface area contributed by atoms with E-state index in [0.717, 1.165) is 5.56 Å². The molecule has 3 heteroatoms. The molecule has 1 saturated heterocycles. The molecule has 1 aliphatic heterocycles. The third kappa shape index (κ3) is 1.55. The van der Waals surface area contributed by atoms with Gasteiger partial charge in [-0.05, 0) is 5.56 Å². The largest absolute Gasteiger partial charge is 0.335 e. The lowest BCUT2D eigenvalue weighted by Crippen LogP contribution is -2.60. The lowest BCUT2D eigenvalue weighted by Gasteiger charge is -2.36. The zero-order chi connectivity index (χ0) is 9.26. The first-order valence-electron chi connectivity index (χ1n) is 4.35. The minimum atomic E-state index is -0.260. The van der Waals surface area contributed by atoms with Gasteiger partial charge in [0.2, 0.25) is 5.91 Å². The smallest absolute Gasteiger partial charge is 0.241 e. The van der Waals surface area contributed by atoms with Crippen LogP contribution in [0.2, 0.25) is 0 Å². The van der Waals surface area contributed by atoms with Crippen LogP contribution in [0, 0.1) is 0 Å². The number of carbonyl (C=O) groups excluding carboxylic acids is 1. The predicted octanol–water partition coefficient (Wildman–Crippen LogP) is 0.356. The topological polar surface area (TPSA) is 46.3 Å². The molecule has 0 unspecified atom stereocenters. The first-order valence-corrected chi connectivity index (χ1v) is 4.35. The first kappa shape index (κ1) is 8.26. The highest BCUT2D eigenvalue weighted by Crippen LogP contribution is 2.12. The van der Waals surface area contributed by atoms with Gasteiger partial charge in [-0.25, -0.2) is 0 Å². The van der Waals surface area contributed by atoms with Crippen LogP contribution in [-0.2, 0) is 11.3 Å². The van der Waals surface area contributed by atoms with E-state index < -0.39 is 0 Å². The van der Waals surface area contributed by atoms with E-state index in [2.05, 4.69) is 0 Å². The van der Waals surface area contributed by atoms with Gasteiger partial charge < -0.3 is 10.6 Å². The number of likely N-dealkylation sites (tertiary alicyclic amines) is 1. The molecule has 0 radical (unpaired) electrons. The number of hydrogen-bond donors (Lipinski definition) is 1. The normalized spacial score (nSPS) is 21.5. The maximum absolute atomic E-state index is 11.2. The Hall–Kier alpha value is -1.35. The van der Waals surface area contributed by atoms with Crippen LogP contribution < -0.4 is 5.73 Å².